The fourth-order valence-electron chi connectivity index (χ4n) is 2.38. The van der Waals surface area contributed by atoms with Crippen molar-refractivity contribution in [3.05, 3.63) is 47.7 Å². The molecule has 0 radical (unpaired) electrons. The van der Waals surface area contributed by atoms with Crippen molar-refractivity contribution in [2.24, 2.45) is 7.05 Å². The van der Waals surface area contributed by atoms with Crippen LogP contribution in [0.4, 0.5) is 13.2 Å². The molecule has 0 aliphatic carbocycles. The average molecular weight is 338 g/mol. The number of hydrogen-bond donors (Lipinski definition) is 1. The first-order valence-corrected chi connectivity index (χ1v) is 7.08. The molecule has 0 saturated carbocycles. The Balaban J connectivity index is 1.64. The Morgan fingerprint density at radius 3 is 2.79 bits per heavy atom. The zero-order chi connectivity index (χ0) is 17.3. The van der Waals surface area contributed by atoms with E-state index in [1.807, 2.05) is 35.9 Å². The first kappa shape index (κ1) is 16.0. The van der Waals surface area contributed by atoms with Gasteiger partial charge in [-0.15, -0.1) is 0 Å². The third-order valence-corrected chi connectivity index (χ3v) is 3.49. The molecule has 1 amide bonds. The Bertz CT molecular complexity index is 882. The van der Waals surface area contributed by atoms with Gasteiger partial charge in [0.1, 0.15) is 0 Å². The topological polar surface area (TPSA) is 73.0 Å². The molecule has 0 atom stereocenters. The van der Waals surface area contributed by atoms with Gasteiger partial charge < -0.3 is 14.4 Å². The van der Waals surface area contributed by atoms with Crippen molar-refractivity contribution in [2.45, 2.75) is 12.6 Å². The van der Waals surface area contributed by atoms with Crippen LogP contribution in [0.5, 0.6) is 0 Å². The molecule has 2 aromatic heterocycles. The van der Waals surface area contributed by atoms with Crippen molar-refractivity contribution >= 4 is 16.8 Å². The standard InChI is InChI=1S/C15H13F3N4O2/c1-22-8-10(9-4-2-3-5-11(9)22)13(23)19-7-6-12-20-14(24-21-12)15(16,17)18/h2-5,8H,6-7H2,1H3,(H,19,23). The van der Waals surface area contributed by atoms with Crippen molar-refractivity contribution in [2.75, 3.05) is 6.54 Å². The van der Waals surface area contributed by atoms with Crippen LogP contribution in [0.3, 0.4) is 0 Å². The van der Waals surface area contributed by atoms with Gasteiger partial charge in [-0.25, -0.2) is 0 Å². The maximum Gasteiger partial charge on any atom is 0.471 e. The lowest BCUT2D eigenvalue weighted by molar-refractivity contribution is -0.159. The van der Waals surface area contributed by atoms with E-state index in [1.165, 1.54) is 0 Å². The summed E-state index contributed by atoms with van der Waals surface area (Å²) in [5.74, 6) is -1.82. The van der Waals surface area contributed by atoms with E-state index in [1.54, 1.807) is 6.20 Å². The summed E-state index contributed by atoms with van der Waals surface area (Å²) in [6, 6.07) is 7.43. The number of aromatic nitrogens is 3. The summed E-state index contributed by atoms with van der Waals surface area (Å²) in [4.78, 5) is 15.5. The van der Waals surface area contributed by atoms with Crippen LogP contribution in [-0.4, -0.2) is 27.2 Å². The summed E-state index contributed by atoms with van der Waals surface area (Å²) in [5.41, 5.74) is 1.41. The van der Waals surface area contributed by atoms with Gasteiger partial charge >= 0.3 is 12.1 Å². The third kappa shape index (κ3) is 3.10. The Morgan fingerprint density at radius 1 is 1.33 bits per heavy atom. The van der Waals surface area contributed by atoms with Gasteiger partial charge in [-0.1, -0.05) is 23.4 Å². The van der Waals surface area contributed by atoms with Crippen molar-refractivity contribution < 1.29 is 22.5 Å². The lowest BCUT2D eigenvalue weighted by Crippen LogP contribution is -2.25. The van der Waals surface area contributed by atoms with Crippen LogP contribution in [-0.2, 0) is 19.6 Å². The molecule has 3 rings (SSSR count). The molecular formula is C15H13F3N4O2. The molecule has 0 aliphatic rings. The number of carbonyl (C=O) groups excluding carboxylic acids is 1. The van der Waals surface area contributed by atoms with Crippen LogP contribution in [0.1, 0.15) is 22.1 Å². The Kier molecular flexibility index (Phi) is 4.00. The Labute approximate surface area is 134 Å². The van der Waals surface area contributed by atoms with Crippen LogP contribution < -0.4 is 5.32 Å². The molecule has 0 bridgehead atoms. The second-order valence-electron chi connectivity index (χ2n) is 5.19. The monoisotopic (exact) mass is 338 g/mol. The zero-order valence-electron chi connectivity index (χ0n) is 12.6. The molecule has 0 aliphatic heterocycles. The van der Waals surface area contributed by atoms with Gasteiger partial charge in [0.15, 0.2) is 5.82 Å². The number of rotatable bonds is 4. The van der Waals surface area contributed by atoms with Gasteiger partial charge in [0.25, 0.3) is 5.91 Å². The fraction of sp³-hybridized carbons (Fsp3) is 0.267. The molecule has 0 unspecified atom stereocenters. The first-order chi connectivity index (χ1) is 11.4. The third-order valence-electron chi connectivity index (χ3n) is 3.49. The molecule has 6 nitrogen and oxygen atoms in total. The highest BCUT2D eigenvalue weighted by Gasteiger charge is 2.38. The lowest BCUT2D eigenvalue weighted by Gasteiger charge is -2.02. The Morgan fingerprint density at radius 2 is 2.08 bits per heavy atom. The number of hydrogen-bond acceptors (Lipinski definition) is 4. The molecule has 0 spiro atoms. The average Bonchev–Trinajstić information content (AvgIpc) is 3.13. The van der Waals surface area contributed by atoms with E-state index in [9.17, 15) is 18.0 Å². The number of carbonyl (C=O) groups is 1. The molecule has 1 aromatic carbocycles. The summed E-state index contributed by atoms with van der Waals surface area (Å²) in [7, 11) is 1.83. The van der Waals surface area contributed by atoms with E-state index < -0.39 is 12.1 Å². The molecule has 0 fully saturated rings. The smallest absolute Gasteiger partial charge is 0.352 e. The molecule has 24 heavy (non-hydrogen) atoms. The molecule has 0 saturated heterocycles. The van der Waals surface area contributed by atoms with Crippen LogP contribution in [0.25, 0.3) is 10.9 Å². The van der Waals surface area contributed by atoms with Gasteiger partial charge in [0.2, 0.25) is 0 Å². The summed E-state index contributed by atoms with van der Waals surface area (Å²) in [6.45, 7) is 0.0961. The van der Waals surface area contributed by atoms with Gasteiger partial charge in [0, 0.05) is 37.1 Å². The van der Waals surface area contributed by atoms with Crippen LogP contribution in [0.15, 0.2) is 35.0 Å². The molecular weight excluding hydrogens is 325 g/mol. The minimum absolute atomic E-state index is 0.0378. The largest absolute Gasteiger partial charge is 0.471 e. The van der Waals surface area contributed by atoms with Crippen LogP contribution in [0.2, 0.25) is 0 Å². The van der Waals surface area contributed by atoms with Gasteiger partial charge in [-0.2, -0.15) is 18.2 Å². The molecule has 2 heterocycles. The zero-order valence-corrected chi connectivity index (χ0v) is 12.6. The van der Waals surface area contributed by atoms with Crippen molar-refractivity contribution in [1.82, 2.24) is 20.0 Å². The fourth-order valence-corrected chi connectivity index (χ4v) is 2.38. The van der Waals surface area contributed by atoms with E-state index in [4.69, 9.17) is 0 Å². The molecule has 126 valence electrons. The number of nitrogens with one attached hydrogen (secondary N) is 1. The summed E-state index contributed by atoms with van der Waals surface area (Å²) >= 11 is 0. The van der Waals surface area contributed by atoms with Crippen LogP contribution in [0, 0.1) is 0 Å². The second-order valence-corrected chi connectivity index (χ2v) is 5.19. The van der Waals surface area contributed by atoms with E-state index >= 15 is 0 Å². The number of benzene rings is 1. The van der Waals surface area contributed by atoms with E-state index in [0.717, 1.165) is 10.9 Å². The number of aryl methyl sites for hydroxylation is 1. The quantitative estimate of drug-likeness (QED) is 0.793. The van der Waals surface area contributed by atoms with Crippen molar-refractivity contribution in [1.29, 1.82) is 0 Å². The highest BCUT2D eigenvalue weighted by atomic mass is 19.4. The summed E-state index contributed by atoms with van der Waals surface area (Å²) in [5, 5.41) is 6.69. The van der Waals surface area contributed by atoms with Crippen molar-refractivity contribution in [3.63, 3.8) is 0 Å². The number of fused-ring (bicyclic) bond motifs is 1. The number of nitrogens with zero attached hydrogens (tertiary/aromatic N) is 3. The molecule has 9 heteroatoms. The highest BCUT2D eigenvalue weighted by molar-refractivity contribution is 6.06. The lowest BCUT2D eigenvalue weighted by atomic mass is 10.1. The maximum atomic E-state index is 12.4. The Hall–Kier alpha value is -2.84. The van der Waals surface area contributed by atoms with E-state index in [-0.39, 0.29) is 24.7 Å². The summed E-state index contributed by atoms with van der Waals surface area (Å²) < 4.78 is 43.0. The highest BCUT2D eigenvalue weighted by Crippen LogP contribution is 2.27. The van der Waals surface area contributed by atoms with E-state index in [2.05, 4.69) is 20.0 Å². The minimum Gasteiger partial charge on any atom is -0.352 e. The number of halogens is 3. The number of amides is 1. The van der Waals surface area contributed by atoms with E-state index in [0.29, 0.717) is 5.56 Å². The van der Waals surface area contributed by atoms with Crippen molar-refractivity contribution in [3.8, 4) is 0 Å². The summed E-state index contributed by atoms with van der Waals surface area (Å²) in [6.07, 6.45) is -2.93. The minimum atomic E-state index is -4.67. The molecule has 1 N–H and O–H groups in total. The van der Waals surface area contributed by atoms with Crippen LogP contribution >= 0.6 is 0 Å². The first-order valence-electron chi connectivity index (χ1n) is 7.08. The maximum absolute atomic E-state index is 12.4. The predicted molar refractivity (Wildman–Crippen MR) is 78.3 cm³/mol. The SMILES string of the molecule is Cn1cc(C(=O)NCCc2noc(C(F)(F)F)n2)c2ccccc21. The van der Waals surface area contributed by atoms with Gasteiger partial charge in [0.05, 0.1) is 5.56 Å². The van der Waals surface area contributed by atoms with Gasteiger partial charge in [-0.3, -0.25) is 4.79 Å². The van der Waals surface area contributed by atoms with Gasteiger partial charge in [-0.05, 0) is 6.07 Å². The normalized spacial score (nSPS) is 11.8. The second kappa shape index (κ2) is 5.99. The predicted octanol–water partition coefficient (Wildman–Crippen LogP) is 2.55. The number of para-hydroxylation sites is 1. The number of alkyl halides is 3. The molecule has 3 aromatic rings.